The SMILES string of the molecule is CC1(C)c2cc(-c3cccc(-c4ccc5ccc6ccc7nc(-c8ccc9ncccc9c8)oc7c6c5c4)c3)ccc2-c2ccc3ccccc3c21. The van der Waals surface area contributed by atoms with Crippen LogP contribution in [-0.2, 0) is 5.41 Å². The summed E-state index contributed by atoms with van der Waals surface area (Å²) in [7, 11) is 0. The van der Waals surface area contributed by atoms with E-state index < -0.39 is 0 Å². The molecule has 244 valence electrons. The van der Waals surface area contributed by atoms with E-state index in [1.165, 1.54) is 60.7 Å². The second kappa shape index (κ2) is 10.7. The Balaban J connectivity index is 1.01. The summed E-state index contributed by atoms with van der Waals surface area (Å²) in [4.78, 5) is 9.42. The van der Waals surface area contributed by atoms with Gasteiger partial charge in [0.2, 0.25) is 5.89 Å². The van der Waals surface area contributed by atoms with E-state index in [1.54, 1.807) is 0 Å². The Hall–Kier alpha value is -6.58. The Morgan fingerprint density at radius 3 is 2.08 bits per heavy atom. The highest BCUT2D eigenvalue weighted by atomic mass is 16.3. The minimum Gasteiger partial charge on any atom is -0.435 e. The van der Waals surface area contributed by atoms with E-state index in [2.05, 4.69) is 152 Å². The van der Waals surface area contributed by atoms with E-state index in [0.717, 1.165) is 43.7 Å². The first kappa shape index (κ1) is 29.2. The molecule has 0 fully saturated rings. The van der Waals surface area contributed by atoms with Gasteiger partial charge in [0, 0.05) is 27.9 Å². The first-order chi connectivity index (χ1) is 25.5. The maximum absolute atomic E-state index is 6.62. The van der Waals surface area contributed by atoms with Crippen molar-refractivity contribution in [3.63, 3.8) is 0 Å². The Labute approximate surface area is 300 Å². The lowest BCUT2D eigenvalue weighted by molar-refractivity contribution is 0.623. The molecular formula is C49H32N2O. The van der Waals surface area contributed by atoms with Crippen molar-refractivity contribution < 1.29 is 4.42 Å². The molecule has 0 unspecified atom stereocenters. The van der Waals surface area contributed by atoms with Crippen LogP contribution in [0.5, 0.6) is 0 Å². The second-order valence-corrected chi connectivity index (χ2v) is 14.6. The number of fused-ring (bicyclic) bond motifs is 11. The van der Waals surface area contributed by atoms with Gasteiger partial charge in [-0.2, -0.15) is 0 Å². The summed E-state index contributed by atoms with van der Waals surface area (Å²) in [5.74, 6) is 0.614. The molecular weight excluding hydrogens is 633 g/mol. The number of nitrogens with zero attached hydrogens (tertiary/aromatic N) is 2. The zero-order chi connectivity index (χ0) is 34.6. The van der Waals surface area contributed by atoms with Crippen LogP contribution in [0.15, 0.2) is 162 Å². The van der Waals surface area contributed by atoms with Gasteiger partial charge in [0.25, 0.3) is 0 Å². The molecule has 2 heterocycles. The van der Waals surface area contributed by atoms with E-state index >= 15 is 0 Å². The number of hydrogen-bond acceptors (Lipinski definition) is 3. The lowest BCUT2D eigenvalue weighted by atomic mass is 9.79. The molecule has 0 amide bonds. The summed E-state index contributed by atoms with van der Waals surface area (Å²) >= 11 is 0. The predicted molar refractivity (Wildman–Crippen MR) is 216 cm³/mol. The van der Waals surface area contributed by atoms with Gasteiger partial charge in [0.05, 0.1) is 5.52 Å². The summed E-state index contributed by atoms with van der Waals surface area (Å²) < 4.78 is 6.62. The number of benzene rings is 8. The fraction of sp³-hybridized carbons (Fsp3) is 0.0612. The second-order valence-electron chi connectivity index (χ2n) is 14.6. The maximum atomic E-state index is 6.62. The van der Waals surface area contributed by atoms with Gasteiger partial charge < -0.3 is 4.42 Å². The molecule has 10 aromatic rings. The Kier molecular flexibility index (Phi) is 6.01. The number of oxazole rings is 1. The molecule has 3 heteroatoms. The molecule has 0 bridgehead atoms. The quantitative estimate of drug-likeness (QED) is 0.176. The molecule has 52 heavy (non-hydrogen) atoms. The van der Waals surface area contributed by atoms with Gasteiger partial charge in [-0.3, -0.25) is 4.98 Å². The number of rotatable bonds is 3. The van der Waals surface area contributed by atoms with E-state index in [9.17, 15) is 0 Å². The summed E-state index contributed by atoms with van der Waals surface area (Å²) in [6.45, 7) is 4.74. The molecule has 0 aliphatic heterocycles. The molecule has 0 N–H and O–H groups in total. The first-order valence-corrected chi connectivity index (χ1v) is 17.9. The average molecular weight is 665 g/mol. The van der Waals surface area contributed by atoms with Crippen LogP contribution in [0.1, 0.15) is 25.0 Å². The third-order valence-electron chi connectivity index (χ3n) is 11.3. The van der Waals surface area contributed by atoms with Gasteiger partial charge in [0.15, 0.2) is 5.58 Å². The monoisotopic (exact) mass is 664 g/mol. The van der Waals surface area contributed by atoms with Crippen molar-refractivity contribution in [1.29, 1.82) is 0 Å². The molecule has 2 aromatic heterocycles. The highest BCUT2D eigenvalue weighted by molar-refractivity contribution is 6.18. The summed E-state index contributed by atoms with van der Waals surface area (Å²) in [5.41, 5.74) is 13.7. The van der Waals surface area contributed by atoms with Crippen molar-refractivity contribution in [2.24, 2.45) is 0 Å². The Morgan fingerprint density at radius 2 is 1.15 bits per heavy atom. The Morgan fingerprint density at radius 1 is 0.481 bits per heavy atom. The standard InChI is InChI=1S/C49H32N2O/c1-49(2)42-28-35(17-20-39(42)40-21-16-29-7-3-4-11-38(29)46(40)49)33-9-5-8-32(25-33)34-15-13-30-12-14-31-18-23-44-47(45(31)41(30)27-34)52-48(51-44)37-19-22-43-36(26-37)10-6-24-50-43/h3-28H,1-2H3. The van der Waals surface area contributed by atoms with Crippen LogP contribution in [0.3, 0.4) is 0 Å². The van der Waals surface area contributed by atoms with E-state index in [-0.39, 0.29) is 5.41 Å². The van der Waals surface area contributed by atoms with E-state index in [0.29, 0.717) is 5.89 Å². The highest BCUT2D eigenvalue weighted by Crippen LogP contribution is 2.52. The molecule has 0 saturated carbocycles. The fourth-order valence-electron chi connectivity index (χ4n) is 8.69. The molecule has 0 radical (unpaired) electrons. The van der Waals surface area contributed by atoms with Crippen LogP contribution in [0.2, 0.25) is 0 Å². The largest absolute Gasteiger partial charge is 0.435 e. The van der Waals surface area contributed by atoms with E-state index in [1.807, 2.05) is 24.4 Å². The van der Waals surface area contributed by atoms with Gasteiger partial charge in [-0.15, -0.1) is 0 Å². The van der Waals surface area contributed by atoms with Crippen LogP contribution in [0.25, 0.3) is 99.2 Å². The fourth-order valence-corrected chi connectivity index (χ4v) is 8.69. The van der Waals surface area contributed by atoms with Gasteiger partial charge in [-0.1, -0.05) is 117 Å². The molecule has 1 aliphatic carbocycles. The molecule has 3 nitrogen and oxygen atoms in total. The number of hydrogen-bond donors (Lipinski definition) is 0. The smallest absolute Gasteiger partial charge is 0.227 e. The highest BCUT2D eigenvalue weighted by Gasteiger charge is 2.37. The average Bonchev–Trinajstić information content (AvgIpc) is 3.74. The van der Waals surface area contributed by atoms with Crippen LogP contribution in [0, 0.1) is 0 Å². The Bertz CT molecular complexity index is 3110. The van der Waals surface area contributed by atoms with Crippen molar-refractivity contribution in [2.75, 3.05) is 0 Å². The topological polar surface area (TPSA) is 38.9 Å². The lowest BCUT2D eigenvalue weighted by Gasteiger charge is -2.23. The van der Waals surface area contributed by atoms with Crippen LogP contribution in [-0.4, -0.2) is 9.97 Å². The number of pyridine rings is 1. The van der Waals surface area contributed by atoms with E-state index in [4.69, 9.17) is 9.40 Å². The van der Waals surface area contributed by atoms with Gasteiger partial charge in [-0.05, 0) is 120 Å². The van der Waals surface area contributed by atoms with Crippen molar-refractivity contribution in [3.05, 3.63) is 169 Å². The zero-order valence-corrected chi connectivity index (χ0v) is 28.8. The molecule has 0 spiro atoms. The predicted octanol–water partition coefficient (Wildman–Crippen LogP) is 13.1. The lowest BCUT2D eigenvalue weighted by Crippen LogP contribution is -2.15. The summed E-state index contributed by atoms with van der Waals surface area (Å²) in [6, 6.07) is 54.9. The van der Waals surface area contributed by atoms with Crippen LogP contribution < -0.4 is 0 Å². The van der Waals surface area contributed by atoms with Crippen LogP contribution >= 0.6 is 0 Å². The molecule has 0 atom stereocenters. The van der Waals surface area contributed by atoms with Crippen molar-refractivity contribution in [2.45, 2.75) is 19.3 Å². The first-order valence-electron chi connectivity index (χ1n) is 17.9. The third kappa shape index (κ3) is 4.26. The minimum absolute atomic E-state index is 0.101. The van der Waals surface area contributed by atoms with Crippen LogP contribution in [0.4, 0.5) is 0 Å². The molecule has 11 rings (SSSR count). The normalized spacial score (nSPS) is 13.3. The molecule has 8 aromatic carbocycles. The zero-order valence-electron chi connectivity index (χ0n) is 28.8. The van der Waals surface area contributed by atoms with Gasteiger partial charge in [-0.25, -0.2) is 4.98 Å². The third-order valence-corrected chi connectivity index (χ3v) is 11.3. The number of aromatic nitrogens is 2. The molecule has 0 saturated heterocycles. The minimum atomic E-state index is -0.101. The molecule has 1 aliphatic rings. The summed E-state index contributed by atoms with van der Waals surface area (Å²) in [6.07, 6.45) is 1.82. The maximum Gasteiger partial charge on any atom is 0.227 e. The van der Waals surface area contributed by atoms with Crippen molar-refractivity contribution in [3.8, 4) is 44.8 Å². The summed E-state index contributed by atoms with van der Waals surface area (Å²) in [5, 5.41) is 8.24. The van der Waals surface area contributed by atoms with Gasteiger partial charge >= 0.3 is 0 Å². The van der Waals surface area contributed by atoms with Crippen molar-refractivity contribution in [1.82, 2.24) is 9.97 Å². The van der Waals surface area contributed by atoms with Gasteiger partial charge in [0.1, 0.15) is 5.52 Å². The van der Waals surface area contributed by atoms with Crippen molar-refractivity contribution >= 4 is 54.3 Å².